The van der Waals surface area contributed by atoms with Crippen LogP contribution in [-0.2, 0) is 12.8 Å². The summed E-state index contributed by atoms with van der Waals surface area (Å²) in [5.41, 5.74) is 12.4. The van der Waals surface area contributed by atoms with Gasteiger partial charge in [-0.3, -0.25) is 0 Å². The lowest BCUT2D eigenvalue weighted by Gasteiger charge is -2.37. The molecule has 192 valence electrons. The summed E-state index contributed by atoms with van der Waals surface area (Å²) in [6.45, 7) is 0. The zero-order valence-electron chi connectivity index (χ0n) is 22.3. The summed E-state index contributed by atoms with van der Waals surface area (Å²) in [5.74, 6) is 1.06. The molecule has 0 N–H and O–H groups in total. The molecule has 6 aromatic rings. The largest absolute Gasteiger partial charge is 0.460 e. The van der Waals surface area contributed by atoms with Crippen molar-refractivity contribution in [3.63, 3.8) is 0 Å². The van der Waals surface area contributed by atoms with Crippen LogP contribution in [0.1, 0.15) is 34.9 Å². The van der Waals surface area contributed by atoms with Gasteiger partial charge in [0.15, 0.2) is 0 Å². The summed E-state index contributed by atoms with van der Waals surface area (Å²) in [5, 5.41) is 1.20. The van der Waals surface area contributed by atoms with E-state index in [0.717, 1.165) is 30.6 Å². The first-order valence-corrected chi connectivity index (χ1v) is 14.2. The lowest BCUT2D eigenvalue weighted by molar-refractivity contribution is 0.513. The predicted octanol–water partition coefficient (Wildman–Crippen LogP) is 10.2. The van der Waals surface area contributed by atoms with Crippen molar-refractivity contribution < 1.29 is 4.42 Å². The van der Waals surface area contributed by atoms with Crippen molar-refractivity contribution in [1.29, 1.82) is 0 Å². The van der Waals surface area contributed by atoms with Crippen LogP contribution in [0, 0.1) is 0 Å². The lowest BCUT2D eigenvalue weighted by Crippen LogP contribution is -2.28. The van der Waals surface area contributed by atoms with Crippen LogP contribution in [0.4, 0.5) is 11.4 Å². The minimum atomic E-state index is 0.0949. The van der Waals surface area contributed by atoms with E-state index in [1.54, 1.807) is 0 Å². The van der Waals surface area contributed by atoms with Gasteiger partial charge in [0.05, 0.1) is 6.04 Å². The van der Waals surface area contributed by atoms with Gasteiger partial charge in [-0.1, -0.05) is 103 Å². The Morgan fingerprint density at radius 2 is 1.43 bits per heavy atom. The third kappa shape index (κ3) is 3.79. The van der Waals surface area contributed by atoms with Crippen LogP contribution in [0.2, 0.25) is 0 Å². The van der Waals surface area contributed by atoms with Crippen LogP contribution in [0.5, 0.6) is 0 Å². The van der Waals surface area contributed by atoms with Crippen LogP contribution in [0.25, 0.3) is 39.3 Å². The lowest BCUT2D eigenvalue weighted by atomic mass is 9.83. The van der Waals surface area contributed by atoms with Gasteiger partial charge in [0.25, 0.3) is 0 Å². The van der Waals surface area contributed by atoms with Crippen molar-refractivity contribution >= 4 is 28.4 Å². The van der Waals surface area contributed by atoms with Gasteiger partial charge in [0.2, 0.25) is 0 Å². The predicted molar refractivity (Wildman–Crippen MR) is 166 cm³/mol. The van der Waals surface area contributed by atoms with Gasteiger partial charge < -0.3 is 9.32 Å². The standard InChI is InChI=1S/C38H29NO/c1-2-10-26(11-3-1)28-18-21-30(22-19-28)39(31-23-20-27-12-4-5-13-29(27)24-31)35-25-37-38(33-15-7-6-14-32(33)35)34-16-8-9-17-36(34)40-37/h1-3,5-11,13-24,35H,4,12,25H2. The number of nitrogens with zero attached hydrogens (tertiary/aromatic N) is 1. The molecule has 0 saturated carbocycles. The van der Waals surface area contributed by atoms with Crippen molar-refractivity contribution in [1.82, 2.24) is 0 Å². The number of furan rings is 1. The normalized spacial score (nSPS) is 15.3. The van der Waals surface area contributed by atoms with Gasteiger partial charge >= 0.3 is 0 Å². The Labute approximate surface area is 234 Å². The molecule has 0 fully saturated rings. The summed E-state index contributed by atoms with van der Waals surface area (Å²) < 4.78 is 6.53. The highest BCUT2D eigenvalue weighted by Crippen LogP contribution is 2.49. The molecule has 8 rings (SSSR count). The van der Waals surface area contributed by atoms with E-state index < -0.39 is 0 Å². The van der Waals surface area contributed by atoms with Gasteiger partial charge in [0, 0.05) is 28.7 Å². The highest BCUT2D eigenvalue weighted by Gasteiger charge is 2.34. The number of hydrogen-bond acceptors (Lipinski definition) is 2. The summed E-state index contributed by atoms with van der Waals surface area (Å²) in [7, 11) is 0. The number of anilines is 2. The fourth-order valence-corrected chi connectivity index (χ4v) is 6.58. The van der Waals surface area contributed by atoms with Crippen LogP contribution >= 0.6 is 0 Å². The summed E-state index contributed by atoms with van der Waals surface area (Å²) >= 11 is 0. The zero-order valence-corrected chi connectivity index (χ0v) is 22.3. The molecular weight excluding hydrogens is 486 g/mol. The molecule has 40 heavy (non-hydrogen) atoms. The van der Waals surface area contributed by atoms with Crippen molar-refractivity contribution in [3.8, 4) is 22.3 Å². The van der Waals surface area contributed by atoms with E-state index in [2.05, 4.69) is 138 Å². The molecule has 0 aliphatic heterocycles. The van der Waals surface area contributed by atoms with Crippen molar-refractivity contribution in [2.45, 2.75) is 25.3 Å². The van der Waals surface area contributed by atoms with Gasteiger partial charge in [0.1, 0.15) is 11.3 Å². The maximum absolute atomic E-state index is 6.53. The number of allylic oxidation sites excluding steroid dienone is 1. The third-order valence-electron chi connectivity index (χ3n) is 8.49. The number of fused-ring (bicyclic) bond motifs is 6. The maximum atomic E-state index is 6.53. The second-order valence-corrected chi connectivity index (χ2v) is 10.8. The Hall–Kier alpha value is -4.82. The zero-order chi connectivity index (χ0) is 26.5. The first-order chi connectivity index (χ1) is 19.8. The molecule has 0 spiro atoms. The highest BCUT2D eigenvalue weighted by atomic mass is 16.3. The molecule has 0 amide bonds. The molecule has 1 atom stereocenters. The quantitative estimate of drug-likeness (QED) is 0.232. The topological polar surface area (TPSA) is 16.4 Å². The van der Waals surface area contributed by atoms with E-state index in [0.29, 0.717) is 0 Å². The second kappa shape index (κ2) is 9.43. The second-order valence-electron chi connectivity index (χ2n) is 10.8. The van der Waals surface area contributed by atoms with Crippen LogP contribution in [0.15, 0.2) is 132 Å². The van der Waals surface area contributed by atoms with E-state index in [-0.39, 0.29) is 6.04 Å². The van der Waals surface area contributed by atoms with E-state index in [1.165, 1.54) is 55.7 Å². The van der Waals surface area contributed by atoms with E-state index >= 15 is 0 Å². The Balaban J connectivity index is 1.30. The first-order valence-electron chi connectivity index (χ1n) is 14.2. The van der Waals surface area contributed by atoms with Gasteiger partial charge in [-0.25, -0.2) is 0 Å². The third-order valence-corrected chi connectivity index (χ3v) is 8.49. The summed E-state index contributed by atoms with van der Waals surface area (Å²) in [4.78, 5) is 2.52. The Bertz CT molecular complexity index is 1880. The fourth-order valence-electron chi connectivity index (χ4n) is 6.58. The van der Waals surface area contributed by atoms with Crippen molar-refractivity contribution in [3.05, 3.63) is 150 Å². The minimum absolute atomic E-state index is 0.0949. The van der Waals surface area contributed by atoms with Crippen LogP contribution in [0.3, 0.4) is 0 Å². The fraction of sp³-hybridized carbons (Fsp3) is 0.105. The average molecular weight is 516 g/mol. The average Bonchev–Trinajstić information content (AvgIpc) is 3.41. The van der Waals surface area contributed by atoms with Crippen molar-refractivity contribution in [2.24, 2.45) is 0 Å². The van der Waals surface area contributed by atoms with Crippen LogP contribution in [-0.4, -0.2) is 0 Å². The molecule has 5 aromatic carbocycles. The first kappa shape index (κ1) is 23.1. The SMILES string of the molecule is C1=Cc2cc(N(c3ccc(-c4ccccc4)cc3)C3Cc4oc5ccccc5c4-c4ccccc43)ccc2CC1. The molecule has 2 aliphatic rings. The number of benzene rings is 5. The summed E-state index contributed by atoms with van der Waals surface area (Å²) in [6.07, 6.45) is 7.59. The van der Waals surface area contributed by atoms with Gasteiger partial charge in [-0.05, 0) is 76.6 Å². The Morgan fingerprint density at radius 1 is 0.675 bits per heavy atom. The highest BCUT2D eigenvalue weighted by molar-refractivity contribution is 5.98. The van der Waals surface area contributed by atoms with Gasteiger partial charge in [-0.2, -0.15) is 0 Å². The monoisotopic (exact) mass is 515 g/mol. The smallest absolute Gasteiger partial charge is 0.134 e. The van der Waals surface area contributed by atoms with Crippen molar-refractivity contribution in [2.75, 3.05) is 4.90 Å². The molecule has 0 saturated heterocycles. The summed E-state index contributed by atoms with van der Waals surface area (Å²) in [6, 6.07) is 44.0. The number of hydrogen-bond donors (Lipinski definition) is 0. The molecule has 0 radical (unpaired) electrons. The molecule has 0 bridgehead atoms. The maximum Gasteiger partial charge on any atom is 0.134 e. The van der Waals surface area contributed by atoms with Crippen LogP contribution < -0.4 is 4.90 Å². The Morgan fingerprint density at radius 3 is 2.33 bits per heavy atom. The number of aryl methyl sites for hydroxylation is 1. The minimum Gasteiger partial charge on any atom is -0.460 e. The molecule has 1 aromatic heterocycles. The molecule has 2 nitrogen and oxygen atoms in total. The number of rotatable bonds is 4. The van der Waals surface area contributed by atoms with E-state index in [9.17, 15) is 0 Å². The van der Waals surface area contributed by atoms with E-state index in [1.807, 2.05) is 0 Å². The molecule has 2 aliphatic carbocycles. The van der Waals surface area contributed by atoms with Gasteiger partial charge in [-0.15, -0.1) is 0 Å². The molecule has 1 heterocycles. The molecule has 2 heteroatoms. The number of para-hydroxylation sites is 1. The molecular formula is C38H29NO. The molecule has 1 unspecified atom stereocenters. The van der Waals surface area contributed by atoms with E-state index in [4.69, 9.17) is 4.42 Å². The Kier molecular flexibility index (Phi) is 5.44.